The summed E-state index contributed by atoms with van der Waals surface area (Å²) in [6, 6.07) is 21.1. The van der Waals surface area contributed by atoms with Crippen LogP contribution in [0, 0.1) is 0 Å². The van der Waals surface area contributed by atoms with Crippen LogP contribution < -0.4 is 0 Å². The Kier molecular flexibility index (Phi) is 12.9. The SMILES string of the molecule is [CH3][Sn]([CH3])[CH3].[CH3][Sn]([CH3])[CH3].c1ccc2sccc2c1.c1ccc2sccc2c1. The van der Waals surface area contributed by atoms with Gasteiger partial charge in [0.25, 0.3) is 0 Å². The van der Waals surface area contributed by atoms with Crippen molar-refractivity contribution in [2.45, 2.75) is 29.6 Å². The number of benzene rings is 2. The minimum absolute atomic E-state index is 0.543. The van der Waals surface area contributed by atoms with Gasteiger partial charge in [0.15, 0.2) is 0 Å². The summed E-state index contributed by atoms with van der Waals surface area (Å²) < 4.78 is 2.75. The standard InChI is InChI=1S/2C8H6S.6CH3.2Sn/c2*1-2-4-8-7(3-1)5-6-9-8;;;;;;;;/h2*1-6H;6*1H3;;. The second-order valence-electron chi connectivity index (χ2n) is 6.92. The van der Waals surface area contributed by atoms with Crippen molar-refractivity contribution in [1.82, 2.24) is 0 Å². The zero-order valence-electron chi connectivity index (χ0n) is 16.7. The van der Waals surface area contributed by atoms with Crippen LogP contribution in [0.25, 0.3) is 20.2 Å². The van der Waals surface area contributed by atoms with Gasteiger partial charge >= 0.3 is 69.2 Å². The Morgan fingerprint density at radius 1 is 0.500 bits per heavy atom. The van der Waals surface area contributed by atoms with E-state index in [1.54, 1.807) is 22.7 Å². The number of thiophene rings is 2. The van der Waals surface area contributed by atoms with Crippen LogP contribution in [0.5, 0.6) is 0 Å². The average molecular weight is 596 g/mol. The molecule has 0 fully saturated rings. The van der Waals surface area contributed by atoms with E-state index in [9.17, 15) is 0 Å². The number of fused-ring (bicyclic) bond motifs is 2. The van der Waals surface area contributed by atoms with Gasteiger partial charge in [-0.3, -0.25) is 0 Å². The largest absolute Gasteiger partial charge is 0.144 e. The van der Waals surface area contributed by atoms with Gasteiger partial charge in [0.1, 0.15) is 0 Å². The summed E-state index contributed by atoms with van der Waals surface area (Å²) in [6.07, 6.45) is 0. The van der Waals surface area contributed by atoms with Gasteiger partial charge in [0.05, 0.1) is 0 Å². The van der Waals surface area contributed by atoms with E-state index >= 15 is 0 Å². The van der Waals surface area contributed by atoms with Crippen LogP contribution in [0.4, 0.5) is 0 Å². The first-order chi connectivity index (χ1) is 12.4. The zero-order chi connectivity index (χ0) is 19.4. The maximum absolute atomic E-state index is 2.36. The monoisotopic (exact) mass is 598 g/mol. The molecular formula is C22H30S2Sn2. The first-order valence-corrected chi connectivity index (χ1v) is 27.7. The van der Waals surface area contributed by atoms with E-state index in [2.05, 4.69) is 101 Å². The average Bonchev–Trinajstić information content (AvgIpc) is 3.23. The van der Waals surface area contributed by atoms with E-state index in [0.29, 0.717) is 0 Å². The molecule has 0 spiro atoms. The normalized spacial score (nSPS) is 9.85. The number of hydrogen-bond donors (Lipinski definition) is 0. The number of rotatable bonds is 0. The molecule has 4 rings (SSSR count). The Morgan fingerprint density at radius 2 is 0.808 bits per heavy atom. The zero-order valence-corrected chi connectivity index (χ0v) is 24.1. The van der Waals surface area contributed by atoms with E-state index in [0.717, 1.165) is 0 Å². The fourth-order valence-corrected chi connectivity index (χ4v) is 3.39. The fourth-order valence-electron chi connectivity index (χ4n) is 1.81. The molecular weight excluding hydrogens is 566 g/mol. The third-order valence-corrected chi connectivity index (χ3v) is 4.52. The smallest absolute Gasteiger partial charge is 0.0342 e. The molecule has 0 nitrogen and oxygen atoms in total. The van der Waals surface area contributed by atoms with Gasteiger partial charge in [0, 0.05) is 9.40 Å². The summed E-state index contributed by atoms with van der Waals surface area (Å²) in [5, 5.41) is 6.93. The molecule has 0 aliphatic rings. The molecule has 138 valence electrons. The van der Waals surface area contributed by atoms with E-state index in [1.807, 2.05) is 0 Å². The van der Waals surface area contributed by atoms with Crippen molar-refractivity contribution in [2.75, 3.05) is 0 Å². The summed E-state index contributed by atoms with van der Waals surface area (Å²) >= 11 is 2.49. The van der Waals surface area contributed by atoms with E-state index in [4.69, 9.17) is 0 Å². The minimum atomic E-state index is -0.543. The van der Waals surface area contributed by atoms with E-state index in [1.165, 1.54) is 20.2 Å². The van der Waals surface area contributed by atoms with Crippen LogP contribution in [0.3, 0.4) is 0 Å². The molecule has 0 atom stereocenters. The second-order valence-corrected chi connectivity index (χ2v) is 25.9. The number of hydrogen-bond acceptors (Lipinski definition) is 2. The van der Waals surface area contributed by atoms with Crippen LogP contribution >= 0.6 is 22.7 Å². The molecule has 0 aliphatic carbocycles. The molecule has 2 heterocycles. The van der Waals surface area contributed by atoms with Gasteiger partial charge in [0.2, 0.25) is 0 Å². The van der Waals surface area contributed by atoms with Crippen LogP contribution in [0.1, 0.15) is 0 Å². The Labute approximate surface area is 181 Å². The molecule has 0 amide bonds. The first kappa shape index (κ1) is 24.0. The molecule has 0 saturated carbocycles. The molecule has 2 aromatic heterocycles. The molecule has 0 bridgehead atoms. The molecule has 0 unspecified atom stereocenters. The molecule has 0 saturated heterocycles. The maximum Gasteiger partial charge on any atom is 0.0342 e. The van der Waals surface area contributed by atoms with Gasteiger partial charge in [-0.25, -0.2) is 0 Å². The Morgan fingerprint density at radius 3 is 1.12 bits per heavy atom. The van der Waals surface area contributed by atoms with Crippen molar-refractivity contribution in [3.8, 4) is 0 Å². The van der Waals surface area contributed by atoms with E-state index in [-0.39, 0.29) is 0 Å². The summed E-state index contributed by atoms with van der Waals surface area (Å²) in [4.78, 5) is 14.2. The minimum Gasteiger partial charge on any atom is -0.144 e. The van der Waals surface area contributed by atoms with Gasteiger partial charge in [-0.05, 0) is 45.8 Å². The summed E-state index contributed by atoms with van der Waals surface area (Å²) in [7, 11) is 0. The van der Waals surface area contributed by atoms with Crippen molar-refractivity contribution in [3.05, 3.63) is 71.4 Å². The predicted molar refractivity (Wildman–Crippen MR) is 130 cm³/mol. The fraction of sp³-hybridized carbons (Fsp3) is 0.273. The van der Waals surface area contributed by atoms with Gasteiger partial charge in [-0.2, -0.15) is 0 Å². The quantitative estimate of drug-likeness (QED) is 0.179. The van der Waals surface area contributed by atoms with Crippen molar-refractivity contribution in [3.63, 3.8) is 0 Å². The second kappa shape index (κ2) is 14.0. The summed E-state index contributed by atoms with van der Waals surface area (Å²) in [6.45, 7) is 0. The summed E-state index contributed by atoms with van der Waals surface area (Å²) in [5.41, 5.74) is 0. The topological polar surface area (TPSA) is 0 Å². The maximum atomic E-state index is 2.36. The van der Waals surface area contributed by atoms with Crippen LogP contribution in [-0.4, -0.2) is 39.5 Å². The van der Waals surface area contributed by atoms with Crippen molar-refractivity contribution in [1.29, 1.82) is 0 Å². The molecule has 4 aromatic rings. The Hall–Kier alpha value is -0.0426. The van der Waals surface area contributed by atoms with Crippen LogP contribution in [0.15, 0.2) is 71.4 Å². The van der Waals surface area contributed by atoms with Gasteiger partial charge < -0.3 is 0 Å². The van der Waals surface area contributed by atoms with Crippen molar-refractivity contribution in [2.24, 2.45) is 0 Å². The first-order valence-electron chi connectivity index (χ1n) is 8.78. The third kappa shape index (κ3) is 11.0. The molecule has 0 N–H and O–H groups in total. The molecule has 2 aromatic carbocycles. The molecule has 4 heteroatoms. The Bertz CT molecular complexity index is 709. The Balaban J connectivity index is 0.000000188. The van der Waals surface area contributed by atoms with Crippen LogP contribution in [-0.2, 0) is 0 Å². The molecule has 26 heavy (non-hydrogen) atoms. The van der Waals surface area contributed by atoms with E-state index < -0.39 is 39.5 Å². The summed E-state index contributed by atoms with van der Waals surface area (Å²) in [5.74, 6) is 0. The van der Waals surface area contributed by atoms with Crippen LogP contribution in [0.2, 0.25) is 29.6 Å². The third-order valence-electron chi connectivity index (χ3n) is 2.72. The molecule has 2 radical (unpaired) electrons. The predicted octanol–water partition coefficient (Wildman–Crippen LogP) is 8.54. The van der Waals surface area contributed by atoms with Gasteiger partial charge in [-0.15, -0.1) is 22.7 Å². The van der Waals surface area contributed by atoms with Crippen molar-refractivity contribution >= 4 is 82.4 Å². The molecule has 0 aliphatic heterocycles. The van der Waals surface area contributed by atoms with Crippen molar-refractivity contribution < 1.29 is 0 Å². The van der Waals surface area contributed by atoms with Gasteiger partial charge in [-0.1, -0.05) is 36.4 Å².